The Morgan fingerprint density at radius 3 is 2.38 bits per heavy atom. The van der Waals surface area contributed by atoms with Crippen LogP contribution in [-0.4, -0.2) is 31.4 Å². The summed E-state index contributed by atoms with van der Waals surface area (Å²) in [4.78, 5) is 23.1. The van der Waals surface area contributed by atoms with Gasteiger partial charge in [0.1, 0.15) is 0 Å². The van der Waals surface area contributed by atoms with Gasteiger partial charge >= 0.3 is 0 Å². The van der Waals surface area contributed by atoms with Crippen molar-refractivity contribution in [2.45, 2.75) is 12.8 Å². The standard InChI is InChI=1S/C14H18BrN3O2.ClH/c15-11-3-5-12(6-4-11)18-14(20)9-17-13(19)8-16-7-10-1-2-10;/h3-6,10,16H,1-2,7-9H2,(H,17,19)(H,18,20);1H. The van der Waals surface area contributed by atoms with Crippen molar-refractivity contribution in [3.63, 3.8) is 0 Å². The molecule has 0 bridgehead atoms. The molecule has 0 spiro atoms. The fourth-order valence-corrected chi connectivity index (χ4v) is 1.96. The largest absolute Gasteiger partial charge is 0.346 e. The summed E-state index contributed by atoms with van der Waals surface area (Å²) in [6.07, 6.45) is 2.51. The number of hydrogen-bond acceptors (Lipinski definition) is 3. The number of carbonyl (C=O) groups is 2. The molecule has 0 radical (unpaired) electrons. The minimum atomic E-state index is -0.233. The zero-order chi connectivity index (χ0) is 14.4. The zero-order valence-corrected chi connectivity index (χ0v) is 13.9. The molecule has 2 rings (SSSR count). The van der Waals surface area contributed by atoms with Crippen LogP contribution in [0, 0.1) is 5.92 Å². The maximum Gasteiger partial charge on any atom is 0.243 e. The molecule has 7 heteroatoms. The summed E-state index contributed by atoms with van der Waals surface area (Å²) >= 11 is 3.32. The van der Waals surface area contributed by atoms with Crippen LogP contribution in [-0.2, 0) is 9.59 Å². The van der Waals surface area contributed by atoms with Gasteiger partial charge in [0.2, 0.25) is 11.8 Å². The summed E-state index contributed by atoms with van der Waals surface area (Å²) in [5.41, 5.74) is 0.708. The summed E-state index contributed by atoms with van der Waals surface area (Å²) in [5, 5.41) is 8.38. The third-order valence-corrected chi connectivity index (χ3v) is 3.52. The predicted octanol–water partition coefficient (Wildman–Crippen LogP) is 1.93. The first-order chi connectivity index (χ1) is 9.63. The molecule has 5 nitrogen and oxygen atoms in total. The third-order valence-electron chi connectivity index (χ3n) is 2.99. The molecule has 2 amide bonds. The summed E-state index contributed by atoms with van der Waals surface area (Å²) in [6.45, 7) is 1.14. The van der Waals surface area contributed by atoms with Crippen LogP contribution in [0.15, 0.2) is 28.7 Å². The molecule has 0 atom stereocenters. The smallest absolute Gasteiger partial charge is 0.243 e. The molecule has 0 saturated heterocycles. The summed E-state index contributed by atoms with van der Waals surface area (Å²) in [6, 6.07) is 7.27. The SMILES string of the molecule is Cl.O=C(CNCC1CC1)NCC(=O)Nc1ccc(Br)cc1. The lowest BCUT2D eigenvalue weighted by molar-refractivity contribution is -0.123. The van der Waals surface area contributed by atoms with Gasteiger partial charge in [-0.15, -0.1) is 12.4 Å². The number of halogens is 2. The number of amides is 2. The summed E-state index contributed by atoms with van der Waals surface area (Å²) in [7, 11) is 0. The van der Waals surface area contributed by atoms with Gasteiger partial charge in [0, 0.05) is 10.2 Å². The van der Waals surface area contributed by atoms with Crippen molar-refractivity contribution in [2.75, 3.05) is 25.0 Å². The minimum absolute atomic E-state index is 0. The first-order valence-electron chi connectivity index (χ1n) is 6.66. The first-order valence-corrected chi connectivity index (χ1v) is 7.45. The van der Waals surface area contributed by atoms with Gasteiger partial charge in [-0.3, -0.25) is 9.59 Å². The van der Waals surface area contributed by atoms with Crippen LogP contribution in [0.25, 0.3) is 0 Å². The molecule has 1 saturated carbocycles. The fraction of sp³-hybridized carbons (Fsp3) is 0.429. The maximum absolute atomic E-state index is 11.6. The molecule has 21 heavy (non-hydrogen) atoms. The number of benzene rings is 1. The molecule has 1 aliphatic carbocycles. The highest BCUT2D eigenvalue weighted by atomic mass is 79.9. The number of nitrogens with one attached hydrogen (secondary N) is 3. The van der Waals surface area contributed by atoms with Gasteiger partial charge in [0.25, 0.3) is 0 Å². The molecule has 0 heterocycles. The molecule has 116 valence electrons. The first kappa shape index (κ1) is 17.9. The van der Waals surface area contributed by atoms with E-state index in [0.717, 1.165) is 16.9 Å². The van der Waals surface area contributed by atoms with Gasteiger partial charge in [0.15, 0.2) is 0 Å². The van der Waals surface area contributed by atoms with E-state index in [-0.39, 0.29) is 37.3 Å². The number of hydrogen-bond donors (Lipinski definition) is 3. The average Bonchev–Trinajstić information content (AvgIpc) is 3.23. The van der Waals surface area contributed by atoms with Crippen LogP contribution in [0.5, 0.6) is 0 Å². The van der Waals surface area contributed by atoms with Crippen molar-refractivity contribution in [1.82, 2.24) is 10.6 Å². The molecule has 0 unspecified atom stereocenters. The van der Waals surface area contributed by atoms with Crippen LogP contribution in [0.3, 0.4) is 0 Å². The Morgan fingerprint density at radius 2 is 1.76 bits per heavy atom. The van der Waals surface area contributed by atoms with Crippen LogP contribution in [0.2, 0.25) is 0 Å². The lowest BCUT2D eigenvalue weighted by Gasteiger charge is -2.07. The molecule has 1 fully saturated rings. The van der Waals surface area contributed by atoms with Crippen molar-refractivity contribution >= 4 is 45.8 Å². The molecule has 1 aromatic rings. The molecule has 3 N–H and O–H groups in total. The average molecular weight is 377 g/mol. The number of anilines is 1. The van der Waals surface area contributed by atoms with E-state index < -0.39 is 0 Å². The van der Waals surface area contributed by atoms with Crippen molar-refractivity contribution < 1.29 is 9.59 Å². The highest BCUT2D eigenvalue weighted by molar-refractivity contribution is 9.10. The van der Waals surface area contributed by atoms with Crippen molar-refractivity contribution in [1.29, 1.82) is 0 Å². The molecular weight excluding hydrogens is 358 g/mol. The van der Waals surface area contributed by atoms with Crippen molar-refractivity contribution in [2.24, 2.45) is 5.92 Å². The second-order valence-electron chi connectivity index (χ2n) is 4.91. The Balaban J connectivity index is 0.00000220. The quantitative estimate of drug-likeness (QED) is 0.681. The Hall–Kier alpha value is -1.11. The topological polar surface area (TPSA) is 70.2 Å². The minimum Gasteiger partial charge on any atom is -0.346 e. The van der Waals surface area contributed by atoms with E-state index in [0.29, 0.717) is 5.69 Å². The summed E-state index contributed by atoms with van der Waals surface area (Å²) in [5.74, 6) is 0.350. The van der Waals surface area contributed by atoms with E-state index in [4.69, 9.17) is 0 Å². The molecule has 0 aliphatic heterocycles. The highest BCUT2D eigenvalue weighted by Gasteiger charge is 2.20. The summed E-state index contributed by atoms with van der Waals surface area (Å²) < 4.78 is 0.950. The molecule has 1 aromatic carbocycles. The normalized spacial score (nSPS) is 13.2. The van der Waals surface area contributed by atoms with Gasteiger partial charge in [-0.05, 0) is 49.6 Å². The second kappa shape index (κ2) is 9.02. The number of carbonyl (C=O) groups excluding carboxylic acids is 2. The van der Waals surface area contributed by atoms with Gasteiger partial charge < -0.3 is 16.0 Å². The van der Waals surface area contributed by atoms with Crippen molar-refractivity contribution in [3.05, 3.63) is 28.7 Å². The van der Waals surface area contributed by atoms with E-state index >= 15 is 0 Å². The van der Waals surface area contributed by atoms with Crippen molar-refractivity contribution in [3.8, 4) is 0 Å². The lowest BCUT2D eigenvalue weighted by atomic mass is 10.3. The van der Waals surface area contributed by atoms with Crippen LogP contribution in [0.4, 0.5) is 5.69 Å². The van der Waals surface area contributed by atoms with E-state index in [1.165, 1.54) is 12.8 Å². The fourth-order valence-electron chi connectivity index (χ4n) is 1.69. The Kier molecular flexibility index (Phi) is 7.71. The second-order valence-corrected chi connectivity index (χ2v) is 5.82. The van der Waals surface area contributed by atoms with Crippen LogP contribution in [0.1, 0.15) is 12.8 Å². The third kappa shape index (κ3) is 7.45. The van der Waals surface area contributed by atoms with E-state index in [9.17, 15) is 9.59 Å². The Bertz CT molecular complexity index is 478. The molecular formula is C14H19BrClN3O2. The van der Waals surface area contributed by atoms with Gasteiger partial charge in [-0.1, -0.05) is 15.9 Å². The molecule has 0 aromatic heterocycles. The number of rotatable bonds is 7. The van der Waals surface area contributed by atoms with Gasteiger partial charge in [0.05, 0.1) is 13.1 Å². The van der Waals surface area contributed by atoms with Gasteiger partial charge in [-0.25, -0.2) is 0 Å². The lowest BCUT2D eigenvalue weighted by Crippen LogP contribution is -2.38. The van der Waals surface area contributed by atoms with E-state index in [1.54, 1.807) is 12.1 Å². The van der Waals surface area contributed by atoms with Gasteiger partial charge in [-0.2, -0.15) is 0 Å². The maximum atomic E-state index is 11.6. The van der Waals surface area contributed by atoms with Crippen LogP contribution < -0.4 is 16.0 Å². The predicted molar refractivity (Wildman–Crippen MR) is 88.6 cm³/mol. The Morgan fingerprint density at radius 1 is 1.10 bits per heavy atom. The van der Waals surface area contributed by atoms with E-state index in [1.807, 2.05) is 12.1 Å². The Labute approximate surface area is 138 Å². The zero-order valence-electron chi connectivity index (χ0n) is 11.5. The van der Waals surface area contributed by atoms with E-state index in [2.05, 4.69) is 31.9 Å². The monoisotopic (exact) mass is 375 g/mol. The van der Waals surface area contributed by atoms with Crippen LogP contribution >= 0.6 is 28.3 Å². The molecule has 1 aliphatic rings. The highest BCUT2D eigenvalue weighted by Crippen LogP contribution is 2.27.